The lowest BCUT2D eigenvalue weighted by Crippen LogP contribution is -2.35. The first-order valence-corrected chi connectivity index (χ1v) is 5.97. The van der Waals surface area contributed by atoms with Crippen LogP contribution in [0.4, 0.5) is 4.39 Å². The molecule has 0 heterocycles. The average molecular weight is 238 g/mol. The highest BCUT2D eigenvalue weighted by Gasteiger charge is 2.16. The van der Waals surface area contributed by atoms with Crippen LogP contribution in [0.1, 0.15) is 32.4 Å². The zero-order valence-electron chi connectivity index (χ0n) is 11.2. The van der Waals surface area contributed by atoms with Gasteiger partial charge in [0.2, 0.25) is 0 Å². The first-order chi connectivity index (χ1) is 7.78. The second kappa shape index (κ2) is 5.61. The minimum absolute atomic E-state index is 0.141. The predicted octanol–water partition coefficient (Wildman–Crippen LogP) is 2.80. The maximum absolute atomic E-state index is 13.1. The summed E-state index contributed by atoms with van der Waals surface area (Å²) in [5, 5.41) is 0. The lowest BCUT2D eigenvalue weighted by molar-refractivity contribution is 0.217. The van der Waals surface area contributed by atoms with Crippen molar-refractivity contribution in [1.29, 1.82) is 0 Å². The van der Waals surface area contributed by atoms with Crippen molar-refractivity contribution in [1.82, 2.24) is 4.90 Å². The number of nitrogens with two attached hydrogens (primary N) is 1. The van der Waals surface area contributed by atoms with E-state index in [1.54, 1.807) is 6.07 Å². The molecule has 1 aromatic carbocycles. The van der Waals surface area contributed by atoms with Crippen LogP contribution >= 0.6 is 0 Å². The van der Waals surface area contributed by atoms with Crippen LogP contribution in [0.3, 0.4) is 0 Å². The first kappa shape index (κ1) is 14.1. The van der Waals surface area contributed by atoms with E-state index in [0.29, 0.717) is 0 Å². The van der Waals surface area contributed by atoms with Gasteiger partial charge in [0.15, 0.2) is 0 Å². The van der Waals surface area contributed by atoms with Crippen LogP contribution in [0.2, 0.25) is 0 Å². The molecule has 1 rings (SSSR count). The largest absolute Gasteiger partial charge is 0.323 e. The van der Waals surface area contributed by atoms with E-state index in [0.717, 1.165) is 18.7 Å². The molecule has 0 amide bonds. The van der Waals surface area contributed by atoms with Crippen LogP contribution in [-0.4, -0.2) is 25.0 Å². The van der Waals surface area contributed by atoms with E-state index in [1.807, 2.05) is 13.1 Å². The summed E-state index contributed by atoms with van der Waals surface area (Å²) in [5.41, 5.74) is 7.17. The molecule has 0 spiro atoms. The fourth-order valence-corrected chi connectivity index (χ4v) is 2.05. The predicted molar refractivity (Wildman–Crippen MR) is 70.3 cm³/mol. The van der Waals surface area contributed by atoms with Crippen molar-refractivity contribution in [3.8, 4) is 0 Å². The molecule has 0 aromatic heterocycles. The molecule has 0 aliphatic rings. The number of nitrogens with zero attached hydrogens (tertiary/aromatic N) is 1. The van der Waals surface area contributed by atoms with Crippen LogP contribution < -0.4 is 5.73 Å². The SMILES string of the molecule is CN(CC(N)c1cccc(F)c1)CC(C)(C)C. The van der Waals surface area contributed by atoms with E-state index in [4.69, 9.17) is 5.73 Å². The second-order valence-electron chi connectivity index (χ2n) is 5.92. The number of benzene rings is 1. The number of halogens is 1. The summed E-state index contributed by atoms with van der Waals surface area (Å²) in [4.78, 5) is 2.19. The van der Waals surface area contributed by atoms with E-state index >= 15 is 0 Å². The average Bonchev–Trinajstić information content (AvgIpc) is 2.14. The highest BCUT2D eigenvalue weighted by Crippen LogP contribution is 2.17. The second-order valence-corrected chi connectivity index (χ2v) is 5.92. The molecule has 0 radical (unpaired) electrons. The van der Waals surface area contributed by atoms with Gasteiger partial charge in [-0.05, 0) is 30.2 Å². The molecule has 1 aromatic rings. The minimum atomic E-state index is -0.226. The quantitative estimate of drug-likeness (QED) is 0.874. The molecule has 3 heteroatoms. The molecule has 0 aliphatic heterocycles. The fraction of sp³-hybridized carbons (Fsp3) is 0.571. The number of hydrogen-bond acceptors (Lipinski definition) is 2. The van der Waals surface area contributed by atoms with Gasteiger partial charge in [-0.25, -0.2) is 4.39 Å². The van der Waals surface area contributed by atoms with E-state index < -0.39 is 0 Å². The molecule has 0 fully saturated rings. The van der Waals surface area contributed by atoms with Gasteiger partial charge < -0.3 is 10.6 Å². The molecular formula is C14H23FN2. The maximum Gasteiger partial charge on any atom is 0.123 e. The number of rotatable bonds is 4. The van der Waals surface area contributed by atoms with Gasteiger partial charge in [0.25, 0.3) is 0 Å². The monoisotopic (exact) mass is 238 g/mol. The molecule has 17 heavy (non-hydrogen) atoms. The summed E-state index contributed by atoms with van der Waals surface area (Å²) in [7, 11) is 2.05. The molecule has 0 bridgehead atoms. The Morgan fingerprint density at radius 1 is 1.35 bits per heavy atom. The zero-order valence-corrected chi connectivity index (χ0v) is 11.2. The molecule has 1 atom stereocenters. The Balaban J connectivity index is 2.57. The highest BCUT2D eigenvalue weighted by molar-refractivity contribution is 5.20. The van der Waals surface area contributed by atoms with E-state index in [1.165, 1.54) is 12.1 Å². The van der Waals surface area contributed by atoms with Crippen molar-refractivity contribution in [3.63, 3.8) is 0 Å². The van der Waals surface area contributed by atoms with Gasteiger partial charge in [0.1, 0.15) is 5.82 Å². The van der Waals surface area contributed by atoms with Gasteiger partial charge in [-0.2, -0.15) is 0 Å². The standard InChI is InChI=1S/C14H23FN2/c1-14(2,3)10-17(4)9-13(16)11-6-5-7-12(15)8-11/h5-8,13H,9-10,16H2,1-4H3. The molecule has 2 nitrogen and oxygen atoms in total. The highest BCUT2D eigenvalue weighted by atomic mass is 19.1. The van der Waals surface area contributed by atoms with Gasteiger partial charge in [-0.1, -0.05) is 32.9 Å². The van der Waals surface area contributed by atoms with E-state index in [2.05, 4.69) is 25.7 Å². The van der Waals surface area contributed by atoms with Crippen molar-refractivity contribution in [2.45, 2.75) is 26.8 Å². The Morgan fingerprint density at radius 2 is 2.00 bits per heavy atom. The topological polar surface area (TPSA) is 29.3 Å². The molecule has 0 saturated heterocycles. The van der Waals surface area contributed by atoms with Gasteiger partial charge in [0, 0.05) is 19.1 Å². The van der Waals surface area contributed by atoms with Gasteiger partial charge >= 0.3 is 0 Å². The molecule has 1 unspecified atom stereocenters. The smallest absolute Gasteiger partial charge is 0.123 e. The lowest BCUT2D eigenvalue weighted by Gasteiger charge is -2.28. The molecule has 0 saturated carbocycles. The summed E-state index contributed by atoms with van der Waals surface area (Å²) in [6.45, 7) is 8.28. The van der Waals surface area contributed by atoms with Gasteiger partial charge in [0.05, 0.1) is 0 Å². The Bertz CT molecular complexity index is 357. The van der Waals surface area contributed by atoms with E-state index in [-0.39, 0.29) is 17.3 Å². The Hall–Kier alpha value is -0.930. The van der Waals surface area contributed by atoms with Crippen molar-refractivity contribution < 1.29 is 4.39 Å². The summed E-state index contributed by atoms with van der Waals surface area (Å²) >= 11 is 0. The lowest BCUT2D eigenvalue weighted by atomic mass is 9.96. The normalized spacial score (nSPS) is 14.1. The Labute approximate surface area is 104 Å². The summed E-state index contributed by atoms with van der Waals surface area (Å²) in [5.74, 6) is -0.226. The first-order valence-electron chi connectivity index (χ1n) is 5.97. The van der Waals surface area contributed by atoms with Crippen LogP contribution in [-0.2, 0) is 0 Å². The van der Waals surface area contributed by atoms with Crippen molar-refractivity contribution in [3.05, 3.63) is 35.6 Å². The van der Waals surface area contributed by atoms with Crippen LogP contribution in [0.5, 0.6) is 0 Å². The third-order valence-corrected chi connectivity index (χ3v) is 2.53. The summed E-state index contributed by atoms with van der Waals surface area (Å²) in [6.07, 6.45) is 0. The van der Waals surface area contributed by atoms with Crippen molar-refractivity contribution >= 4 is 0 Å². The summed E-state index contributed by atoms with van der Waals surface area (Å²) < 4.78 is 13.1. The fourth-order valence-electron chi connectivity index (χ4n) is 2.05. The molecule has 2 N–H and O–H groups in total. The zero-order chi connectivity index (χ0) is 13.1. The molecular weight excluding hydrogens is 215 g/mol. The maximum atomic E-state index is 13.1. The van der Waals surface area contributed by atoms with Crippen LogP contribution in [0.15, 0.2) is 24.3 Å². The summed E-state index contributed by atoms with van der Waals surface area (Å²) in [6, 6.07) is 6.38. The minimum Gasteiger partial charge on any atom is -0.323 e. The number of hydrogen-bond donors (Lipinski definition) is 1. The van der Waals surface area contributed by atoms with Gasteiger partial charge in [-0.15, -0.1) is 0 Å². The number of likely N-dealkylation sites (N-methyl/N-ethyl adjacent to an activating group) is 1. The Morgan fingerprint density at radius 3 is 2.53 bits per heavy atom. The molecule has 96 valence electrons. The van der Waals surface area contributed by atoms with Crippen molar-refractivity contribution in [2.75, 3.05) is 20.1 Å². The van der Waals surface area contributed by atoms with Crippen LogP contribution in [0.25, 0.3) is 0 Å². The van der Waals surface area contributed by atoms with Crippen molar-refractivity contribution in [2.24, 2.45) is 11.1 Å². The third kappa shape index (κ3) is 5.29. The van der Waals surface area contributed by atoms with E-state index in [9.17, 15) is 4.39 Å². The van der Waals surface area contributed by atoms with Crippen LogP contribution in [0, 0.1) is 11.2 Å². The Kier molecular flexibility index (Phi) is 4.66. The third-order valence-electron chi connectivity index (χ3n) is 2.53. The molecule has 0 aliphatic carbocycles. The van der Waals surface area contributed by atoms with Gasteiger partial charge in [-0.3, -0.25) is 0 Å².